The van der Waals surface area contributed by atoms with E-state index in [1.165, 1.54) is 36.4 Å². The number of amides is 3. The van der Waals surface area contributed by atoms with Gasteiger partial charge in [0.15, 0.2) is 0 Å². The fourth-order valence-corrected chi connectivity index (χ4v) is 3.44. The number of carbonyl (C=O) groups excluding carboxylic acids is 2. The molecule has 9 heteroatoms. The third-order valence-electron chi connectivity index (χ3n) is 5.01. The molecule has 0 radical (unpaired) electrons. The Kier molecular flexibility index (Phi) is 7.91. The van der Waals surface area contributed by atoms with Crippen molar-refractivity contribution in [1.82, 2.24) is 10.6 Å². The molecule has 7 nitrogen and oxygen atoms in total. The van der Waals surface area contributed by atoms with E-state index >= 15 is 0 Å². The van der Waals surface area contributed by atoms with Gasteiger partial charge >= 0.3 is 6.03 Å². The van der Waals surface area contributed by atoms with Crippen molar-refractivity contribution in [3.63, 3.8) is 0 Å². The van der Waals surface area contributed by atoms with Crippen LogP contribution >= 0.6 is 0 Å². The fraction of sp³-hybridized carbons (Fsp3) is 0.364. The Labute approximate surface area is 178 Å². The van der Waals surface area contributed by atoms with Crippen LogP contribution in [-0.4, -0.2) is 41.9 Å². The van der Waals surface area contributed by atoms with Crippen LogP contribution in [0.3, 0.4) is 0 Å². The molecule has 4 N–H and O–H groups in total. The van der Waals surface area contributed by atoms with Crippen molar-refractivity contribution in [2.24, 2.45) is 0 Å². The number of nitrogens with one attached hydrogen (secondary N) is 3. The lowest BCUT2D eigenvalue weighted by Gasteiger charge is -2.35. The van der Waals surface area contributed by atoms with Gasteiger partial charge in [0, 0.05) is 12.2 Å². The zero-order chi connectivity index (χ0) is 22.2. The van der Waals surface area contributed by atoms with Crippen LogP contribution in [0.2, 0.25) is 0 Å². The van der Waals surface area contributed by atoms with E-state index in [1.54, 1.807) is 12.1 Å². The number of carbonyl (C=O) groups is 2. The highest BCUT2D eigenvalue weighted by molar-refractivity contribution is 5.89. The maximum atomic E-state index is 13.2. The molecular weight excluding hydrogens is 408 g/mol. The van der Waals surface area contributed by atoms with Gasteiger partial charge in [-0.1, -0.05) is 12.1 Å². The number of hydrogen-bond donors (Lipinski definition) is 4. The summed E-state index contributed by atoms with van der Waals surface area (Å²) in [6.07, 6.45) is 0.0758. The van der Waals surface area contributed by atoms with E-state index in [0.717, 1.165) is 0 Å². The highest BCUT2D eigenvalue weighted by atomic mass is 19.1. The summed E-state index contributed by atoms with van der Waals surface area (Å²) in [6.45, 7) is -0.108. The standard InChI is InChI=1S/C22H25F2N3O4/c23-15-4-6-17(7-5-15)26-22(30)27-19-9-8-18(31-20(19)13-28)11-21(29)25-12-14-2-1-3-16(24)10-14/h1-7,10,18-20,28H,8-9,11-13H2,(H,25,29)(H2,26,27,30)/t18-,19-,20-/m0/s1. The number of anilines is 1. The summed E-state index contributed by atoms with van der Waals surface area (Å²) in [5.41, 5.74) is 1.09. The third-order valence-corrected chi connectivity index (χ3v) is 5.01. The summed E-state index contributed by atoms with van der Waals surface area (Å²) >= 11 is 0. The van der Waals surface area contributed by atoms with Gasteiger partial charge in [0.25, 0.3) is 0 Å². The van der Waals surface area contributed by atoms with Crippen LogP contribution in [0.1, 0.15) is 24.8 Å². The Bertz CT molecular complexity index is 895. The molecule has 1 aliphatic rings. The SMILES string of the molecule is O=C(C[C@@H]1CC[C@H](NC(=O)Nc2ccc(F)cc2)[C@H](CO)O1)NCc1cccc(F)c1. The minimum Gasteiger partial charge on any atom is -0.394 e. The Morgan fingerprint density at radius 1 is 1.06 bits per heavy atom. The monoisotopic (exact) mass is 433 g/mol. The molecule has 2 aromatic rings. The lowest BCUT2D eigenvalue weighted by atomic mass is 9.97. The Hall–Kier alpha value is -3.04. The zero-order valence-corrected chi connectivity index (χ0v) is 16.8. The predicted molar refractivity (Wildman–Crippen MR) is 110 cm³/mol. The van der Waals surface area contributed by atoms with E-state index in [2.05, 4.69) is 16.0 Å². The second kappa shape index (κ2) is 10.8. The van der Waals surface area contributed by atoms with Crippen molar-refractivity contribution in [3.05, 3.63) is 65.7 Å². The number of ether oxygens (including phenoxy) is 1. The molecule has 0 unspecified atom stereocenters. The van der Waals surface area contributed by atoms with E-state index in [-0.39, 0.29) is 31.3 Å². The summed E-state index contributed by atoms with van der Waals surface area (Å²) in [5.74, 6) is -1.01. The molecule has 3 amide bonds. The van der Waals surface area contributed by atoms with Crippen LogP contribution in [0, 0.1) is 11.6 Å². The molecule has 0 saturated carbocycles. The van der Waals surface area contributed by atoms with Crippen LogP contribution in [0.5, 0.6) is 0 Å². The van der Waals surface area contributed by atoms with Gasteiger partial charge in [-0.25, -0.2) is 13.6 Å². The largest absolute Gasteiger partial charge is 0.394 e. The van der Waals surface area contributed by atoms with Crippen LogP contribution in [0.15, 0.2) is 48.5 Å². The highest BCUT2D eigenvalue weighted by Crippen LogP contribution is 2.22. The van der Waals surface area contributed by atoms with Crippen molar-refractivity contribution in [2.45, 2.75) is 44.1 Å². The fourth-order valence-electron chi connectivity index (χ4n) is 3.44. The van der Waals surface area contributed by atoms with Gasteiger partial charge in [-0.05, 0) is 54.8 Å². The molecule has 1 heterocycles. The number of aliphatic hydroxyl groups is 1. The molecule has 3 rings (SSSR count). The van der Waals surface area contributed by atoms with Crippen molar-refractivity contribution in [3.8, 4) is 0 Å². The van der Waals surface area contributed by atoms with Gasteiger partial charge in [-0.2, -0.15) is 0 Å². The van der Waals surface area contributed by atoms with Gasteiger partial charge in [-0.15, -0.1) is 0 Å². The number of benzene rings is 2. The van der Waals surface area contributed by atoms with E-state index in [1.807, 2.05) is 0 Å². The maximum absolute atomic E-state index is 13.2. The average Bonchev–Trinajstić information content (AvgIpc) is 2.75. The Morgan fingerprint density at radius 3 is 2.55 bits per heavy atom. The van der Waals surface area contributed by atoms with Gasteiger partial charge in [-0.3, -0.25) is 4.79 Å². The molecular formula is C22H25F2N3O4. The van der Waals surface area contributed by atoms with Crippen molar-refractivity contribution >= 4 is 17.6 Å². The van der Waals surface area contributed by atoms with E-state index in [0.29, 0.717) is 24.1 Å². The molecule has 1 aliphatic heterocycles. The average molecular weight is 433 g/mol. The first-order chi connectivity index (χ1) is 14.9. The Morgan fingerprint density at radius 2 is 1.84 bits per heavy atom. The van der Waals surface area contributed by atoms with E-state index < -0.39 is 30.1 Å². The van der Waals surface area contributed by atoms with Crippen molar-refractivity contribution < 1.29 is 28.2 Å². The first kappa shape index (κ1) is 22.6. The van der Waals surface area contributed by atoms with E-state index in [9.17, 15) is 23.5 Å². The summed E-state index contributed by atoms with van der Waals surface area (Å²) in [5, 5.41) is 17.7. The molecule has 166 valence electrons. The molecule has 1 fully saturated rings. The number of hydrogen-bond acceptors (Lipinski definition) is 4. The van der Waals surface area contributed by atoms with Crippen LogP contribution in [0.25, 0.3) is 0 Å². The van der Waals surface area contributed by atoms with Gasteiger partial charge in [0.1, 0.15) is 17.7 Å². The third kappa shape index (κ3) is 7.01. The number of aliphatic hydroxyl groups excluding tert-OH is 1. The first-order valence-corrected chi connectivity index (χ1v) is 10.0. The first-order valence-electron chi connectivity index (χ1n) is 10.0. The molecule has 1 saturated heterocycles. The van der Waals surface area contributed by atoms with Gasteiger partial charge in [0.2, 0.25) is 5.91 Å². The number of urea groups is 1. The van der Waals surface area contributed by atoms with Crippen LogP contribution < -0.4 is 16.0 Å². The van der Waals surface area contributed by atoms with Crippen LogP contribution in [0.4, 0.5) is 19.3 Å². The topological polar surface area (TPSA) is 99.7 Å². The highest BCUT2D eigenvalue weighted by Gasteiger charge is 2.32. The van der Waals surface area contributed by atoms with Crippen molar-refractivity contribution in [2.75, 3.05) is 11.9 Å². The molecule has 0 spiro atoms. The lowest BCUT2D eigenvalue weighted by Crippen LogP contribution is -2.52. The summed E-state index contributed by atoms with van der Waals surface area (Å²) in [4.78, 5) is 24.4. The van der Waals surface area contributed by atoms with Gasteiger partial charge < -0.3 is 25.8 Å². The van der Waals surface area contributed by atoms with Crippen molar-refractivity contribution in [1.29, 1.82) is 0 Å². The normalized spacial score (nSPS) is 20.7. The molecule has 31 heavy (non-hydrogen) atoms. The predicted octanol–water partition coefficient (Wildman–Crippen LogP) is 2.70. The molecule has 0 aliphatic carbocycles. The second-order valence-electron chi connectivity index (χ2n) is 7.38. The maximum Gasteiger partial charge on any atom is 0.319 e. The number of halogens is 2. The minimum atomic E-state index is -0.659. The molecule has 3 atom stereocenters. The van der Waals surface area contributed by atoms with E-state index in [4.69, 9.17) is 4.74 Å². The molecule has 0 aromatic heterocycles. The second-order valence-corrected chi connectivity index (χ2v) is 7.38. The molecule has 2 aromatic carbocycles. The van der Waals surface area contributed by atoms with Gasteiger partial charge in [0.05, 0.1) is 25.2 Å². The quantitative estimate of drug-likeness (QED) is 0.540. The lowest BCUT2D eigenvalue weighted by molar-refractivity contribution is -0.130. The van der Waals surface area contributed by atoms with Crippen LogP contribution in [-0.2, 0) is 16.1 Å². The smallest absolute Gasteiger partial charge is 0.319 e. The zero-order valence-electron chi connectivity index (χ0n) is 16.8. The summed E-state index contributed by atoms with van der Waals surface area (Å²) in [7, 11) is 0. The summed E-state index contributed by atoms with van der Waals surface area (Å²) in [6, 6.07) is 10.4. The number of rotatable bonds is 7. The minimum absolute atomic E-state index is 0.0975. The molecule has 0 bridgehead atoms. The summed E-state index contributed by atoms with van der Waals surface area (Å²) < 4.78 is 32.0. The Balaban J connectivity index is 1.44.